The van der Waals surface area contributed by atoms with Crippen molar-refractivity contribution in [1.82, 2.24) is 15.1 Å². The molecule has 110 valence electrons. The van der Waals surface area contributed by atoms with Crippen molar-refractivity contribution in [3.63, 3.8) is 0 Å². The Morgan fingerprint density at radius 3 is 2.00 bits per heavy atom. The highest BCUT2D eigenvalue weighted by atomic mass is 16.2. The predicted octanol–water partition coefficient (Wildman–Crippen LogP) is 0.891. The van der Waals surface area contributed by atoms with Gasteiger partial charge < -0.3 is 15.1 Å². The average molecular weight is 269 g/mol. The monoisotopic (exact) mass is 269 g/mol. The molecule has 0 unspecified atom stereocenters. The van der Waals surface area contributed by atoms with Gasteiger partial charge in [-0.1, -0.05) is 13.2 Å². The number of carbonyl (C=O) groups excluding carboxylic acids is 2. The van der Waals surface area contributed by atoms with Crippen LogP contribution >= 0.6 is 0 Å². The highest BCUT2D eigenvalue weighted by molar-refractivity contribution is 5.92. The van der Waals surface area contributed by atoms with Crippen molar-refractivity contribution in [1.29, 1.82) is 0 Å². The lowest BCUT2D eigenvalue weighted by molar-refractivity contribution is -0.123. The molecule has 0 heterocycles. The van der Waals surface area contributed by atoms with Crippen LogP contribution in [0.3, 0.4) is 0 Å². The molecule has 0 aromatic heterocycles. The van der Waals surface area contributed by atoms with Gasteiger partial charge in [0.15, 0.2) is 0 Å². The van der Waals surface area contributed by atoms with Gasteiger partial charge in [-0.05, 0) is 40.1 Å². The second-order valence-corrected chi connectivity index (χ2v) is 4.63. The molecule has 0 aliphatic rings. The fraction of sp³-hybridized carbons (Fsp3) is 0.571. The normalized spacial score (nSPS) is 9.16. The lowest BCUT2D eigenvalue weighted by Gasteiger charge is -2.09. The van der Waals surface area contributed by atoms with Gasteiger partial charge in [-0.25, -0.2) is 0 Å². The first-order valence-electron chi connectivity index (χ1n) is 6.14. The van der Waals surface area contributed by atoms with Crippen LogP contribution in [0.1, 0.15) is 13.3 Å². The molecule has 0 aromatic carbocycles. The van der Waals surface area contributed by atoms with Gasteiger partial charge >= 0.3 is 0 Å². The third-order valence-electron chi connectivity index (χ3n) is 2.07. The van der Waals surface area contributed by atoms with Crippen molar-refractivity contribution >= 4 is 11.8 Å². The first-order chi connectivity index (χ1) is 8.72. The van der Waals surface area contributed by atoms with Crippen LogP contribution in [0.2, 0.25) is 0 Å². The summed E-state index contributed by atoms with van der Waals surface area (Å²) >= 11 is 0. The number of amides is 2. The summed E-state index contributed by atoms with van der Waals surface area (Å²) in [6.07, 6.45) is 2.26. The van der Waals surface area contributed by atoms with Gasteiger partial charge in [-0.15, -0.1) is 0 Å². The zero-order valence-electron chi connectivity index (χ0n) is 12.8. The maximum Gasteiger partial charge on any atom is 0.246 e. The minimum atomic E-state index is -0.0556. The highest BCUT2D eigenvalue weighted by Crippen LogP contribution is 1.86. The number of rotatable bonds is 6. The maximum absolute atomic E-state index is 11.0. The number of carbonyl (C=O) groups is 2. The van der Waals surface area contributed by atoms with Crippen LogP contribution < -0.4 is 5.32 Å². The summed E-state index contributed by atoms with van der Waals surface area (Å²) in [6.45, 7) is 10.3. The van der Waals surface area contributed by atoms with E-state index in [0.29, 0.717) is 5.57 Å². The van der Waals surface area contributed by atoms with Gasteiger partial charge in [0, 0.05) is 26.2 Å². The maximum atomic E-state index is 11.0. The lowest BCUT2D eigenvalue weighted by atomic mass is 10.3. The smallest absolute Gasteiger partial charge is 0.246 e. The Morgan fingerprint density at radius 1 is 1.21 bits per heavy atom. The van der Waals surface area contributed by atoms with Crippen LogP contribution in [0, 0.1) is 0 Å². The summed E-state index contributed by atoms with van der Waals surface area (Å²) in [5.74, 6) is -0.103. The molecule has 0 rings (SSSR count). The molecule has 2 amide bonds. The molecule has 19 heavy (non-hydrogen) atoms. The molecule has 0 atom stereocenters. The van der Waals surface area contributed by atoms with Gasteiger partial charge in [0.1, 0.15) is 0 Å². The first kappa shape index (κ1) is 19.7. The molecule has 5 nitrogen and oxygen atoms in total. The molecule has 5 heteroatoms. The van der Waals surface area contributed by atoms with Crippen molar-refractivity contribution in [3.8, 4) is 0 Å². The largest absolute Gasteiger partial charge is 0.352 e. The third-order valence-corrected chi connectivity index (χ3v) is 2.07. The lowest BCUT2D eigenvalue weighted by Crippen LogP contribution is -2.27. The van der Waals surface area contributed by atoms with Crippen LogP contribution in [-0.4, -0.2) is 62.9 Å². The minimum absolute atomic E-state index is 0.0474. The highest BCUT2D eigenvalue weighted by Gasteiger charge is 1.99. The number of likely N-dealkylation sites (N-methyl/N-ethyl adjacent to an activating group) is 1. The SMILES string of the molecule is C=C(C)C(=O)NCCCN(C)C.C=CC(=O)N(C)C. The Balaban J connectivity index is 0. The summed E-state index contributed by atoms with van der Waals surface area (Å²) in [5, 5.41) is 2.77. The molecular weight excluding hydrogens is 242 g/mol. The third kappa shape index (κ3) is 14.3. The number of hydrogen-bond donors (Lipinski definition) is 1. The summed E-state index contributed by atoms with van der Waals surface area (Å²) in [6, 6.07) is 0. The fourth-order valence-corrected chi connectivity index (χ4v) is 0.931. The molecule has 0 fully saturated rings. The fourth-order valence-electron chi connectivity index (χ4n) is 0.931. The Labute approximate surface area is 117 Å². The van der Waals surface area contributed by atoms with E-state index in [4.69, 9.17) is 0 Å². The topological polar surface area (TPSA) is 52.7 Å². The van der Waals surface area contributed by atoms with Crippen molar-refractivity contribution in [3.05, 3.63) is 24.8 Å². The molecule has 0 saturated carbocycles. The predicted molar refractivity (Wildman–Crippen MR) is 79.9 cm³/mol. The van der Waals surface area contributed by atoms with Gasteiger partial charge in [-0.2, -0.15) is 0 Å². The molecule has 0 bridgehead atoms. The van der Waals surface area contributed by atoms with E-state index in [0.717, 1.165) is 19.5 Å². The molecule has 0 aliphatic carbocycles. The quantitative estimate of drug-likeness (QED) is 0.575. The van der Waals surface area contributed by atoms with Crippen LogP contribution in [0.5, 0.6) is 0 Å². The minimum Gasteiger partial charge on any atom is -0.352 e. The second-order valence-electron chi connectivity index (χ2n) is 4.63. The molecule has 1 N–H and O–H groups in total. The van der Waals surface area contributed by atoms with Gasteiger partial charge in [0.05, 0.1) is 0 Å². The van der Waals surface area contributed by atoms with E-state index in [1.165, 1.54) is 11.0 Å². The molecular formula is C14H27N3O2. The summed E-state index contributed by atoms with van der Waals surface area (Å²) in [4.78, 5) is 24.8. The zero-order valence-corrected chi connectivity index (χ0v) is 12.8. The van der Waals surface area contributed by atoms with Gasteiger partial charge in [-0.3, -0.25) is 9.59 Å². The van der Waals surface area contributed by atoms with Crippen molar-refractivity contribution in [2.24, 2.45) is 0 Å². The van der Waals surface area contributed by atoms with Crippen molar-refractivity contribution in [2.45, 2.75) is 13.3 Å². The number of nitrogens with zero attached hydrogens (tertiary/aromatic N) is 2. The summed E-state index contributed by atoms with van der Waals surface area (Å²) in [7, 11) is 7.40. The standard InChI is InChI=1S/C9H18N2O.C5H9NO/c1-8(2)9(12)10-6-5-7-11(3)4;1-4-5(7)6(2)3/h1,5-7H2,2-4H3,(H,10,12);4H,1H2,2-3H3. The van der Waals surface area contributed by atoms with E-state index in [1.54, 1.807) is 21.0 Å². The van der Waals surface area contributed by atoms with E-state index < -0.39 is 0 Å². The van der Waals surface area contributed by atoms with Crippen LogP contribution in [0.15, 0.2) is 24.8 Å². The van der Waals surface area contributed by atoms with E-state index >= 15 is 0 Å². The van der Waals surface area contributed by atoms with Crippen molar-refractivity contribution in [2.75, 3.05) is 41.3 Å². The van der Waals surface area contributed by atoms with E-state index in [2.05, 4.69) is 23.4 Å². The molecule has 0 aliphatic heterocycles. The van der Waals surface area contributed by atoms with Crippen LogP contribution in [-0.2, 0) is 9.59 Å². The van der Waals surface area contributed by atoms with Crippen LogP contribution in [0.4, 0.5) is 0 Å². The Bertz CT molecular complexity index is 310. The molecule has 0 aromatic rings. The number of hydrogen-bond acceptors (Lipinski definition) is 3. The zero-order chi connectivity index (χ0) is 15.4. The van der Waals surface area contributed by atoms with Crippen molar-refractivity contribution < 1.29 is 9.59 Å². The average Bonchev–Trinajstić information content (AvgIpc) is 2.33. The van der Waals surface area contributed by atoms with Crippen LogP contribution in [0.25, 0.3) is 0 Å². The molecule has 0 spiro atoms. The number of nitrogens with one attached hydrogen (secondary N) is 1. The van der Waals surface area contributed by atoms with E-state index in [-0.39, 0.29) is 11.8 Å². The second kappa shape index (κ2) is 11.5. The van der Waals surface area contributed by atoms with Gasteiger partial charge in [0.25, 0.3) is 0 Å². The molecule has 0 saturated heterocycles. The summed E-state index contributed by atoms with van der Waals surface area (Å²) in [5.41, 5.74) is 0.569. The molecule has 0 radical (unpaired) electrons. The Kier molecular flexibility index (Phi) is 11.9. The van der Waals surface area contributed by atoms with E-state index in [9.17, 15) is 9.59 Å². The Hall–Kier alpha value is -1.62. The Morgan fingerprint density at radius 2 is 1.74 bits per heavy atom. The first-order valence-corrected chi connectivity index (χ1v) is 6.14. The van der Waals surface area contributed by atoms with E-state index in [1.807, 2.05) is 14.1 Å². The summed E-state index contributed by atoms with van der Waals surface area (Å²) < 4.78 is 0. The van der Waals surface area contributed by atoms with Gasteiger partial charge in [0.2, 0.25) is 11.8 Å².